The normalized spacial score (nSPS) is 14.1. The standard InChI is InChI=1S/C17H20N2OS/c1-21-17-5-3-2-4-16(17)20-12-15-7-6-13(11-19-15)10-18-14-8-9-14/h2-7,11,14,18H,8-10,12H2,1H3. The number of thioether (sulfide) groups is 1. The van der Waals surface area contributed by atoms with E-state index in [2.05, 4.69) is 28.7 Å². The van der Waals surface area contributed by atoms with E-state index in [0.717, 1.165) is 28.9 Å². The van der Waals surface area contributed by atoms with Crippen LogP contribution in [0.2, 0.25) is 0 Å². The van der Waals surface area contributed by atoms with Crippen LogP contribution in [-0.4, -0.2) is 17.3 Å². The molecule has 0 atom stereocenters. The van der Waals surface area contributed by atoms with Gasteiger partial charge < -0.3 is 10.1 Å². The van der Waals surface area contributed by atoms with Gasteiger partial charge in [-0.05, 0) is 42.9 Å². The molecule has 0 aliphatic heterocycles. The highest BCUT2D eigenvalue weighted by Crippen LogP contribution is 2.27. The number of benzene rings is 1. The lowest BCUT2D eigenvalue weighted by atomic mass is 10.2. The Bertz CT molecular complexity index is 582. The van der Waals surface area contributed by atoms with Crippen LogP contribution in [0.15, 0.2) is 47.5 Å². The molecule has 0 bridgehead atoms. The van der Waals surface area contributed by atoms with Gasteiger partial charge in [-0.1, -0.05) is 18.2 Å². The summed E-state index contributed by atoms with van der Waals surface area (Å²) in [5.74, 6) is 0.922. The summed E-state index contributed by atoms with van der Waals surface area (Å²) in [5, 5.41) is 3.49. The Hall–Kier alpha value is -1.52. The molecule has 110 valence electrons. The van der Waals surface area contributed by atoms with Crippen molar-refractivity contribution in [3.05, 3.63) is 53.9 Å². The fraction of sp³-hybridized carbons (Fsp3) is 0.353. The van der Waals surface area contributed by atoms with Crippen LogP contribution in [0.1, 0.15) is 24.1 Å². The van der Waals surface area contributed by atoms with Crippen LogP contribution in [0.5, 0.6) is 5.75 Å². The number of nitrogens with zero attached hydrogens (tertiary/aromatic N) is 1. The lowest BCUT2D eigenvalue weighted by Gasteiger charge is -2.10. The van der Waals surface area contributed by atoms with E-state index < -0.39 is 0 Å². The van der Waals surface area contributed by atoms with Gasteiger partial charge in [-0.15, -0.1) is 11.8 Å². The minimum atomic E-state index is 0.508. The summed E-state index contributed by atoms with van der Waals surface area (Å²) in [6.07, 6.45) is 6.62. The first-order chi connectivity index (χ1) is 10.3. The first kappa shape index (κ1) is 14.4. The van der Waals surface area contributed by atoms with Gasteiger partial charge in [0.25, 0.3) is 0 Å². The predicted octanol–water partition coefficient (Wildman–Crippen LogP) is 3.63. The van der Waals surface area contributed by atoms with Crippen molar-refractivity contribution < 1.29 is 4.74 Å². The Morgan fingerprint density at radius 1 is 1.24 bits per heavy atom. The summed E-state index contributed by atoms with van der Waals surface area (Å²) in [4.78, 5) is 5.63. The first-order valence-electron chi connectivity index (χ1n) is 7.28. The van der Waals surface area contributed by atoms with E-state index in [1.807, 2.05) is 30.5 Å². The van der Waals surface area contributed by atoms with E-state index in [0.29, 0.717) is 6.61 Å². The van der Waals surface area contributed by atoms with Crippen molar-refractivity contribution in [2.45, 2.75) is 36.9 Å². The molecule has 0 amide bonds. The number of para-hydroxylation sites is 1. The minimum absolute atomic E-state index is 0.508. The number of hydrogen-bond acceptors (Lipinski definition) is 4. The van der Waals surface area contributed by atoms with Gasteiger partial charge in [0.15, 0.2) is 0 Å². The van der Waals surface area contributed by atoms with Gasteiger partial charge in [0.1, 0.15) is 12.4 Å². The molecule has 1 N–H and O–H groups in total. The van der Waals surface area contributed by atoms with Crippen LogP contribution in [0.4, 0.5) is 0 Å². The van der Waals surface area contributed by atoms with Gasteiger partial charge in [0, 0.05) is 23.7 Å². The van der Waals surface area contributed by atoms with Crippen LogP contribution in [-0.2, 0) is 13.2 Å². The summed E-state index contributed by atoms with van der Waals surface area (Å²) < 4.78 is 5.86. The van der Waals surface area contributed by atoms with Crippen LogP contribution < -0.4 is 10.1 Å². The molecule has 3 nitrogen and oxygen atoms in total. The van der Waals surface area contributed by atoms with Gasteiger partial charge in [-0.25, -0.2) is 0 Å². The summed E-state index contributed by atoms with van der Waals surface area (Å²) in [6.45, 7) is 1.42. The third-order valence-corrected chi connectivity index (χ3v) is 4.28. The maximum atomic E-state index is 5.86. The summed E-state index contributed by atoms with van der Waals surface area (Å²) in [5.41, 5.74) is 2.19. The van der Waals surface area contributed by atoms with Gasteiger partial charge in [0.05, 0.1) is 5.69 Å². The lowest BCUT2D eigenvalue weighted by Crippen LogP contribution is -2.15. The fourth-order valence-electron chi connectivity index (χ4n) is 2.08. The largest absolute Gasteiger partial charge is 0.486 e. The molecule has 1 fully saturated rings. The van der Waals surface area contributed by atoms with Crippen molar-refractivity contribution in [3.8, 4) is 5.75 Å². The molecule has 1 aromatic heterocycles. The monoisotopic (exact) mass is 300 g/mol. The lowest BCUT2D eigenvalue weighted by molar-refractivity contribution is 0.294. The molecule has 1 aliphatic rings. The highest BCUT2D eigenvalue weighted by atomic mass is 32.2. The number of rotatable bonds is 7. The molecule has 1 saturated carbocycles. The summed E-state index contributed by atoms with van der Waals surface area (Å²) >= 11 is 1.69. The molecular formula is C17H20N2OS. The Morgan fingerprint density at radius 2 is 2.10 bits per heavy atom. The molecule has 0 unspecified atom stereocenters. The van der Waals surface area contributed by atoms with Gasteiger partial charge in [-0.2, -0.15) is 0 Å². The van der Waals surface area contributed by atoms with Crippen molar-refractivity contribution in [2.75, 3.05) is 6.26 Å². The number of nitrogens with one attached hydrogen (secondary N) is 1. The number of aromatic nitrogens is 1. The Balaban J connectivity index is 1.54. The number of pyridine rings is 1. The van der Waals surface area contributed by atoms with E-state index in [1.54, 1.807) is 11.8 Å². The summed E-state index contributed by atoms with van der Waals surface area (Å²) in [6, 6.07) is 13.0. The van der Waals surface area contributed by atoms with Crippen molar-refractivity contribution >= 4 is 11.8 Å². The number of hydrogen-bond donors (Lipinski definition) is 1. The van der Waals surface area contributed by atoms with E-state index in [4.69, 9.17) is 4.74 Å². The SMILES string of the molecule is CSc1ccccc1OCc1ccc(CNC2CC2)cn1. The molecule has 4 heteroatoms. The van der Waals surface area contributed by atoms with E-state index >= 15 is 0 Å². The second-order valence-electron chi connectivity index (χ2n) is 5.25. The van der Waals surface area contributed by atoms with Gasteiger partial charge in [-0.3, -0.25) is 4.98 Å². The molecule has 0 spiro atoms. The zero-order valence-electron chi connectivity index (χ0n) is 12.2. The molecule has 1 heterocycles. The quantitative estimate of drug-likeness (QED) is 0.792. The minimum Gasteiger partial charge on any atom is -0.486 e. The Labute approximate surface area is 130 Å². The third kappa shape index (κ3) is 4.22. The average Bonchev–Trinajstić information content (AvgIpc) is 3.36. The van der Waals surface area contributed by atoms with E-state index in [-0.39, 0.29) is 0 Å². The zero-order chi connectivity index (χ0) is 14.5. The van der Waals surface area contributed by atoms with Gasteiger partial charge >= 0.3 is 0 Å². The molecular weight excluding hydrogens is 280 g/mol. The van der Waals surface area contributed by atoms with Crippen molar-refractivity contribution in [2.24, 2.45) is 0 Å². The van der Waals surface area contributed by atoms with E-state index in [1.165, 1.54) is 18.4 Å². The second-order valence-corrected chi connectivity index (χ2v) is 6.10. The van der Waals surface area contributed by atoms with Crippen molar-refractivity contribution in [1.82, 2.24) is 10.3 Å². The number of ether oxygens (including phenoxy) is 1. The van der Waals surface area contributed by atoms with Crippen LogP contribution in [0, 0.1) is 0 Å². The third-order valence-electron chi connectivity index (χ3n) is 3.50. The molecule has 21 heavy (non-hydrogen) atoms. The molecule has 1 aliphatic carbocycles. The van der Waals surface area contributed by atoms with Gasteiger partial charge in [0.2, 0.25) is 0 Å². The maximum Gasteiger partial charge on any atom is 0.133 e. The maximum absolute atomic E-state index is 5.86. The molecule has 0 radical (unpaired) electrons. The summed E-state index contributed by atoms with van der Waals surface area (Å²) in [7, 11) is 0. The Kier molecular flexibility index (Phi) is 4.78. The van der Waals surface area contributed by atoms with Crippen molar-refractivity contribution in [1.29, 1.82) is 0 Å². The topological polar surface area (TPSA) is 34.1 Å². The van der Waals surface area contributed by atoms with Crippen LogP contribution in [0.3, 0.4) is 0 Å². The smallest absolute Gasteiger partial charge is 0.133 e. The van der Waals surface area contributed by atoms with Crippen molar-refractivity contribution in [3.63, 3.8) is 0 Å². The highest BCUT2D eigenvalue weighted by molar-refractivity contribution is 7.98. The second kappa shape index (κ2) is 6.96. The average molecular weight is 300 g/mol. The fourth-order valence-corrected chi connectivity index (χ4v) is 2.63. The van der Waals surface area contributed by atoms with Crippen LogP contribution >= 0.6 is 11.8 Å². The zero-order valence-corrected chi connectivity index (χ0v) is 13.0. The first-order valence-corrected chi connectivity index (χ1v) is 8.50. The molecule has 3 rings (SSSR count). The van der Waals surface area contributed by atoms with E-state index in [9.17, 15) is 0 Å². The van der Waals surface area contributed by atoms with Crippen LogP contribution in [0.25, 0.3) is 0 Å². The molecule has 1 aromatic carbocycles. The molecule has 0 saturated heterocycles. The highest BCUT2D eigenvalue weighted by Gasteiger charge is 2.19. The Morgan fingerprint density at radius 3 is 2.81 bits per heavy atom. The predicted molar refractivity (Wildman–Crippen MR) is 86.7 cm³/mol. The molecule has 2 aromatic rings.